The zero-order valence-corrected chi connectivity index (χ0v) is 15.9. The third-order valence-corrected chi connectivity index (χ3v) is 5.69. The van der Waals surface area contributed by atoms with Gasteiger partial charge in [-0.15, -0.1) is 0 Å². The summed E-state index contributed by atoms with van der Waals surface area (Å²) in [5.41, 5.74) is 2.96. The largest absolute Gasteiger partial charge is 0.326 e. The van der Waals surface area contributed by atoms with Gasteiger partial charge in [0.05, 0.1) is 11.8 Å². The quantitative estimate of drug-likeness (QED) is 0.820. The van der Waals surface area contributed by atoms with Crippen LogP contribution in [-0.4, -0.2) is 29.2 Å². The molecule has 1 aliphatic heterocycles. The van der Waals surface area contributed by atoms with E-state index >= 15 is 0 Å². The van der Waals surface area contributed by atoms with Crippen molar-refractivity contribution in [3.8, 4) is 0 Å². The van der Waals surface area contributed by atoms with Crippen molar-refractivity contribution in [2.75, 3.05) is 11.9 Å². The lowest BCUT2D eigenvalue weighted by Gasteiger charge is -2.19. The van der Waals surface area contributed by atoms with E-state index in [1.165, 1.54) is 4.90 Å². The highest BCUT2D eigenvalue weighted by molar-refractivity contribution is 6.05. The van der Waals surface area contributed by atoms with Crippen molar-refractivity contribution in [1.82, 2.24) is 4.90 Å². The molecule has 0 unspecified atom stereocenters. The van der Waals surface area contributed by atoms with E-state index < -0.39 is 0 Å². The Bertz CT molecular complexity index is 702. The van der Waals surface area contributed by atoms with Crippen LogP contribution in [0.3, 0.4) is 0 Å². The summed E-state index contributed by atoms with van der Waals surface area (Å²) in [7, 11) is 0. The number of nitrogens with zero attached hydrogens (tertiary/aromatic N) is 1. The summed E-state index contributed by atoms with van der Waals surface area (Å²) < 4.78 is 0. The molecule has 1 saturated carbocycles. The summed E-state index contributed by atoms with van der Waals surface area (Å²) in [4.78, 5) is 38.8. The summed E-state index contributed by atoms with van der Waals surface area (Å²) in [6, 6.07) is 5.98. The fraction of sp³-hybridized carbons (Fsp3) is 0.571. The van der Waals surface area contributed by atoms with Gasteiger partial charge < -0.3 is 5.32 Å². The standard InChI is InChI=1S/C21H28N2O3/c1-13(2)15-10-6-7-14(3)19(15)22-18(24)11-12-23-20(25)16-8-4-5-9-17(16)21(23)26/h6-7,10,13,16-17H,4-5,8-9,11-12H2,1-3H3,(H,22,24)/t16-,17-/m0/s1. The van der Waals surface area contributed by atoms with E-state index in [0.29, 0.717) is 5.92 Å². The van der Waals surface area contributed by atoms with Gasteiger partial charge in [-0.3, -0.25) is 19.3 Å². The lowest BCUT2D eigenvalue weighted by Crippen LogP contribution is -2.34. The number of aryl methyl sites for hydroxylation is 1. The molecule has 3 amide bonds. The Hall–Kier alpha value is -2.17. The maximum Gasteiger partial charge on any atom is 0.233 e. The number of nitrogens with one attached hydrogen (secondary N) is 1. The SMILES string of the molecule is Cc1cccc(C(C)C)c1NC(=O)CCN1C(=O)[C@H]2CCCC[C@@H]2C1=O. The van der Waals surface area contributed by atoms with Crippen LogP contribution in [0.15, 0.2) is 18.2 Å². The first-order valence-electron chi connectivity index (χ1n) is 9.64. The second kappa shape index (κ2) is 7.60. The van der Waals surface area contributed by atoms with Crippen molar-refractivity contribution in [3.63, 3.8) is 0 Å². The lowest BCUT2D eigenvalue weighted by molar-refractivity contribution is -0.140. The van der Waals surface area contributed by atoms with Gasteiger partial charge in [0.15, 0.2) is 0 Å². The maximum absolute atomic E-state index is 12.5. The van der Waals surface area contributed by atoms with Gasteiger partial charge in [0.1, 0.15) is 0 Å². The first-order valence-corrected chi connectivity index (χ1v) is 9.64. The van der Waals surface area contributed by atoms with Gasteiger partial charge >= 0.3 is 0 Å². The molecule has 5 heteroatoms. The van der Waals surface area contributed by atoms with Crippen LogP contribution < -0.4 is 5.32 Å². The molecule has 1 heterocycles. The van der Waals surface area contributed by atoms with Crippen LogP contribution in [0, 0.1) is 18.8 Å². The summed E-state index contributed by atoms with van der Waals surface area (Å²) in [6.07, 6.45) is 3.78. The second-order valence-electron chi connectivity index (χ2n) is 7.82. The van der Waals surface area contributed by atoms with E-state index in [-0.39, 0.29) is 42.5 Å². The highest BCUT2D eigenvalue weighted by Crippen LogP contribution is 2.38. The average Bonchev–Trinajstić information content (AvgIpc) is 2.86. The molecule has 1 aromatic rings. The van der Waals surface area contributed by atoms with Crippen molar-refractivity contribution >= 4 is 23.4 Å². The molecule has 2 fully saturated rings. The highest BCUT2D eigenvalue weighted by atomic mass is 16.2. The lowest BCUT2D eigenvalue weighted by atomic mass is 9.81. The molecular formula is C21H28N2O3. The number of imide groups is 1. The molecular weight excluding hydrogens is 328 g/mol. The predicted octanol–water partition coefficient (Wildman–Crippen LogP) is 3.62. The molecule has 0 radical (unpaired) electrons. The van der Waals surface area contributed by atoms with Crippen LogP contribution in [0.1, 0.15) is 63.0 Å². The number of hydrogen-bond donors (Lipinski definition) is 1. The summed E-state index contributed by atoms with van der Waals surface area (Å²) in [5, 5.41) is 2.99. The minimum Gasteiger partial charge on any atom is -0.326 e. The van der Waals surface area contributed by atoms with Gasteiger partial charge in [0, 0.05) is 18.7 Å². The monoisotopic (exact) mass is 356 g/mol. The molecule has 0 spiro atoms. The minimum absolute atomic E-state index is 0.0775. The number of rotatable bonds is 5. The third-order valence-electron chi connectivity index (χ3n) is 5.69. The van der Waals surface area contributed by atoms with Crippen molar-refractivity contribution in [3.05, 3.63) is 29.3 Å². The van der Waals surface area contributed by atoms with Gasteiger partial charge in [-0.1, -0.05) is 44.9 Å². The molecule has 1 aromatic carbocycles. The number of carbonyl (C=O) groups excluding carboxylic acids is 3. The number of hydrogen-bond acceptors (Lipinski definition) is 3. The number of fused-ring (bicyclic) bond motifs is 1. The third kappa shape index (κ3) is 3.53. The molecule has 2 aliphatic rings. The summed E-state index contributed by atoms with van der Waals surface area (Å²) in [5.74, 6) is -0.310. The number of para-hydroxylation sites is 1. The smallest absolute Gasteiger partial charge is 0.233 e. The molecule has 1 saturated heterocycles. The van der Waals surface area contributed by atoms with Crippen LogP contribution in [0.4, 0.5) is 5.69 Å². The van der Waals surface area contributed by atoms with E-state index in [1.807, 2.05) is 25.1 Å². The van der Waals surface area contributed by atoms with Crippen molar-refractivity contribution in [1.29, 1.82) is 0 Å². The summed E-state index contributed by atoms with van der Waals surface area (Å²) in [6.45, 7) is 6.33. The van der Waals surface area contributed by atoms with Gasteiger partial charge in [-0.25, -0.2) is 0 Å². The van der Waals surface area contributed by atoms with Crippen molar-refractivity contribution in [2.24, 2.45) is 11.8 Å². The predicted molar refractivity (Wildman–Crippen MR) is 101 cm³/mol. The Morgan fingerprint density at radius 2 is 1.77 bits per heavy atom. The zero-order chi connectivity index (χ0) is 18.8. The van der Waals surface area contributed by atoms with Crippen LogP contribution in [-0.2, 0) is 14.4 Å². The Kier molecular flexibility index (Phi) is 5.44. The Morgan fingerprint density at radius 1 is 1.15 bits per heavy atom. The maximum atomic E-state index is 12.5. The summed E-state index contributed by atoms with van der Waals surface area (Å²) >= 11 is 0. The molecule has 26 heavy (non-hydrogen) atoms. The molecule has 3 rings (SSSR count). The number of benzene rings is 1. The zero-order valence-electron chi connectivity index (χ0n) is 15.9. The Morgan fingerprint density at radius 3 is 2.35 bits per heavy atom. The first-order chi connectivity index (χ1) is 12.4. The van der Waals surface area contributed by atoms with Crippen molar-refractivity contribution < 1.29 is 14.4 Å². The van der Waals surface area contributed by atoms with Crippen LogP contribution in [0.5, 0.6) is 0 Å². The molecule has 5 nitrogen and oxygen atoms in total. The second-order valence-corrected chi connectivity index (χ2v) is 7.82. The van der Waals surface area contributed by atoms with Gasteiger partial charge in [-0.2, -0.15) is 0 Å². The van der Waals surface area contributed by atoms with Gasteiger partial charge in [0.2, 0.25) is 17.7 Å². The number of carbonyl (C=O) groups is 3. The Labute approximate surface area is 155 Å². The fourth-order valence-electron chi connectivity index (χ4n) is 4.21. The molecule has 2 atom stereocenters. The number of amides is 3. The number of likely N-dealkylation sites (tertiary alicyclic amines) is 1. The average molecular weight is 356 g/mol. The first kappa shape index (κ1) is 18.6. The highest BCUT2D eigenvalue weighted by Gasteiger charge is 2.47. The van der Waals surface area contributed by atoms with Crippen LogP contribution in [0.25, 0.3) is 0 Å². The van der Waals surface area contributed by atoms with E-state index in [1.54, 1.807) is 0 Å². The number of anilines is 1. The van der Waals surface area contributed by atoms with E-state index in [0.717, 1.165) is 42.5 Å². The Balaban J connectivity index is 1.63. The van der Waals surface area contributed by atoms with Gasteiger partial charge in [-0.05, 0) is 36.8 Å². The van der Waals surface area contributed by atoms with E-state index in [2.05, 4.69) is 19.2 Å². The normalized spacial score (nSPS) is 22.7. The van der Waals surface area contributed by atoms with Crippen molar-refractivity contribution in [2.45, 2.75) is 58.8 Å². The van der Waals surface area contributed by atoms with E-state index in [4.69, 9.17) is 0 Å². The molecule has 1 N–H and O–H groups in total. The molecule has 0 bridgehead atoms. The van der Waals surface area contributed by atoms with Gasteiger partial charge in [0.25, 0.3) is 0 Å². The van der Waals surface area contributed by atoms with Crippen LogP contribution in [0.2, 0.25) is 0 Å². The molecule has 1 aliphatic carbocycles. The molecule has 0 aromatic heterocycles. The van der Waals surface area contributed by atoms with Crippen LogP contribution >= 0.6 is 0 Å². The molecule has 140 valence electrons. The fourth-order valence-corrected chi connectivity index (χ4v) is 4.21. The minimum atomic E-state index is -0.156. The topological polar surface area (TPSA) is 66.5 Å². The van der Waals surface area contributed by atoms with E-state index in [9.17, 15) is 14.4 Å².